The van der Waals surface area contributed by atoms with Gasteiger partial charge < -0.3 is 5.32 Å². The molecule has 0 atom stereocenters. The molecular weight excluding hydrogens is 336 g/mol. The Morgan fingerprint density at radius 3 is 2.28 bits per heavy atom. The molecule has 126 valence electrons. The van der Waals surface area contributed by atoms with Crippen LogP contribution in [0.15, 0.2) is 54.6 Å². The largest absolute Gasteiger partial charge is 0.348 e. The summed E-state index contributed by atoms with van der Waals surface area (Å²) in [4.78, 5) is 17.1. The number of rotatable bonds is 4. The van der Waals surface area contributed by atoms with Crippen molar-refractivity contribution < 1.29 is 4.79 Å². The van der Waals surface area contributed by atoms with Gasteiger partial charge in [-0.1, -0.05) is 41.9 Å². The summed E-state index contributed by atoms with van der Waals surface area (Å²) in [5.41, 5.74) is 2.24. The Labute approximate surface area is 151 Å². The standard InChI is InChI=1S/C19H17ClN4O/c1-12(2)21-19(25)17-16(13-6-4-3-5-7-13)23-24-18(22-17)14-8-10-15(20)11-9-14/h3-12H,1-2H3,(H,21,25). The molecule has 0 fully saturated rings. The molecule has 0 spiro atoms. The average molecular weight is 353 g/mol. The normalized spacial score (nSPS) is 10.7. The molecule has 0 unspecified atom stereocenters. The van der Waals surface area contributed by atoms with Crippen molar-refractivity contribution in [1.29, 1.82) is 0 Å². The second-order valence-corrected chi connectivity index (χ2v) is 6.27. The summed E-state index contributed by atoms with van der Waals surface area (Å²) >= 11 is 5.92. The summed E-state index contributed by atoms with van der Waals surface area (Å²) in [6.45, 7) is 3.80. The zero-order chi connectivity index (χ0) is 17.8. The van der Waals surface area contributed by atoms with Crippen molar-refractivity contribution in [3.63, 3.8) is 0 Å². The predicted octanol–water partition coefficient (Wildman–Crippen LogP) is 4.00. The molecule has 1 aromatic heterocycles. The molecule has 0 radical (unpaired) electrons. The minimum absolute atomic E-state index is 0.00919. The van der Waals surface area contributed by atoms with Crippen LogP contribution in [0.3, 0.4) is 0 Å². The highest BCUT2D eigenvalue weighted by Gasteiger charge is 2.19. The number of benzene rings is 2. The van der Waals surface area contributed by atoms with Gasteiger partial charge in [0.2, 0.25) is 0 Å². The van der Waals surface area contributed by atoms with Crippen LogP contribution in [-0.2, 0) is 0 Å². The number of amides is 1. The molecule has 6 heteroatoms. The van der Waals surface area contributed by atoms with Crippen molar-refractivity contribution in [3.8, 4) is 22.6 Å². The molecule has 3 aromatic rings. The maximum absolute atomic E-state index is 12.6. The molecule has 3 rings (SSSR count). The molecule has 5 nitrogen and oxygen atoms in total. The number of hydrogen-bond donors (Lipinski definition) is 1. The van der Waals surface area contributed by atoms with Crippen LogP contribution in [0, 0.1) is 0 Å². The van der Waals surface area contributed by atoms with Gasteiger partial charge in [0, 0.05) is 22.2 Å². The highest BCUT2D eigenvalue weighted by molar-refractivity contribution is 6.30. The lowest BCUT2D eigenvalue weighted by Gasteiger charge is -2.12. The fourth-order valence-corrected chi connectivity index (χ4v) is 2.45. The third-order valence-corrected chi connectivity index (χ3v) is 3.72. The van der Waals surface area contributed by atoms with Crippen LogP contribution < -0.4 is 5.32 Å². The first-order valence-corrected chi connectivity index (χ1v) is 8.29. The molecule has 1 N–H and O–H groups in total. The molecule has 0 aliphatic rings. The van der Waals surface area contributed by atoms with Crippen LogP contribution in [0.4, 0.5) is 0 Å². The van der Waals surface area contributed by atoms with Gasteiger partial charge in [-0.15, -0.1) is 10.2 Å². The zero-order valence-electron chi connectivity index (χ0n) is 13.9. The van der Waals surface area contributed by atoms with Gasteiger partial charge in [-0.25, -0.2) is 4.98 Å². The molecular formula is C19H17ClN4O. The maximum atomic E-state index is 12.6. The van der Waals surface area contributed by atoms with E-state index >= 15 is 0 Å². The van der Waals surface area contributed by atoms with E-state index in [1.54, 1.807) is 24.3 Å². The monoisotopic (exact) mass is 352 g/mol. The van der Waals surface area contributed by atoms with E-state index in [0.717, 1.165) is 11.1 Å². The highest BCUT2D eigenvalue weighted by atomic mass is 35.5. The van der Waals surface area contributed by atoms with Gasteiger partial charge in [0.05, 0.1) is 0 Å². The van der Waals surface area contributed by atoms with Crippen LogP contribution >= 0.6 is 11.6 Å². The first kappa shape index (κ1) is 17.0. The van der Waals surface area contributed by atoms with Crippen molar-refractivity contribution in [1.82, 2.24) is 20.5 Å². The van der Waals surface area contributed by atoms with E-state index in [2.05, 4.69) is 20.5 Å². The van der Waals surface area contributed by atoms with Crippen molar-refractivity contribution in [3.05, 3.63) is 65.3 Å². The van der Waals surface area contributed by atoms with Crippen molar-refractivity contribution >= 4 is 17.5 Å². The third-order valence-electron chi connectivity index (χ3n) is 3.47. The summed E-state index contributed by atoms with van der Waals surface area (Å²) < 4.78 is 0. The lowest BCUT2D eigenvalue weighted by Crippen LogP contribution is -2.31. The number of halogens is 1. The Kier molecular flexibility index (Phi) is 5.05. The highest BCUT2D eigenvalue weighted by Crippen LogP contribution is 2.23. The van der Waals surface area contributed by atoms with Crippen molar-refractivity contribution in [2.75, 3.05) is 0 Å². The third kappa shape index (κ3) is 4.00. The maximum Gasteiger partial charge on any atom is 0.272 e. The lowest BCUT2D eigenvalue weighted by molar-refractivity contribution is 0.0938. The van der Waals surface area contributed by atoms with Gasteiger partial charge in [0.25, 0.3) is 5.91 Å². The average Bonchev–Trinajstić information content (AvgIpc) is 2.62. The summed E-state index contributed by atoms with van der Waals surface area (Å²) in [6.07, 6.45) is 0. The van der Waals surface area contributed by atoms with E-state index in [1.165, 1.54) is 0 Å². The van der Waals surface area contributed by atoms with Crippen LogP contribution in [0.1, 0.15) is 24.3 Å². The number of hydrogen-bond acceptors (Lipinski definition) is 4. The summed E-state index contributed by atoms with van der Waals surface area (Å²) in [5, 5.41) is 12.0. The van der Waals surface area contributed by atoms with Gasteiger partial charge >= 0.3 is 0 Å². The van der Waals surface area contributed by atoms with E-state index in [9.17, 15) is 4.79 Å². The molecule has 0 saturated carbocycles. The van der Waals surface area contributed by atoms with E-state index in [0.29, 0.717) is 16.5 Å². The molecule has 0 aliphatic heterocycles. The molecule has 1 amide bonds. The zero-order valence-corrected chi connectivity index (χ0v) is 14.7. The molecule has 2 aromatic carbocycles. The topological polar surface area (TPSA) is 67.8 Å². The van der Waals surface area contributed by atoms with Crippen molar-refractivity contribution in [2.24, 2.45) is 0 Å². The number of aromatic nitrogens is 3. The second-order valence-electron chi connectivity index (χ2n) is 5.83. The Hall–Kier alpha value is -2.79. The summed E-state index contributed by atoms with van der Waals surface area (Å²) in [7, 11) is 0. The van der Waals surface area contributed by atoms with Crippen molar-refractivity contribution in [2.45, 2.75) is 19.9 Å². The van der Waals surface area contributed by atoms with Gasteiger partial charge in [0.1, 0.15) is 5.69 Å². The van der Waals surface area contributed by atoms with E-state index in [1.807, 2.05) is 44.2 Å². The van der Waals surface area contributed by atoms with Gasteiger partial charge in [0.15, 0.2) is 11.5 Å². The molecule has 0 bridgehead atoms. The van der Waals surface area contributed by atoms with Gasteiger partial charge in [-0.3, -0.25) is 4.79 Å². The predicted molar refractivity (Wildman–Crippen MR) is 98.3 cm³/mol. The molecule has 0 saturated heterocycles. The number of nitrogens with zero attached hydrogens (tertiary/aromatic N) is 3. The lowest BCUT2D eigenvalue weighted by atomic mass is 10.1. The van der Waals surface area contributed by atoms with Gasteiger partial charge in [-0.05, 0) is 38.1 Å². The fourth-order valence-electron chi connectivity index (χ4n) is 2.33. The Bertz CT molecular complexity index is 880. The quantitative estimate of drug-likeness (QED) is 0.770. The van der Waals surface area contributed by atoms with Crippen LogP contribution in [0.2, 0.25) is 5.02 Å². The van der Waals surface area contributed by atoms with Crippen LogP contribution in [-0.4, -0.2) is 27.1 Å². The number of carbonyl (C=O) groups is 1. The van der Waals surface area contributed by atoms with Crippen LogP contribution in [0.25, 0.3) is 22.6 Å². The smallest absolute Gasteiger partial charge is 0.272 e. The van der Waals surface area contributed by atoms with E-state index < -0.39 is 0 Å². The van der Waals surface area contributed by atoms with Gasteiger partial charge in [-0.2, -0.15) is 0 Å². The number of carbonyl (C=O) groups excluding carboxylic acids is 1. The number of nitrogens with one attached hydrogen (secondary N) is 1. The second kappa shape index (κ2) is 7.40. The first-order chi connectivity index (χ1) is 12.0. The minimum atomic E-state index is -0.279. The van der Waals surface area contributed by atoms with E-state index in [4.69, 9.17) is 11.6 Å². The molecule has 1 heterocycles. The molecule has 25 heavy (non-hydrogen) atoms. The summed E-state index contributed by atoms with van der Waals surface area (Å²) in [6, 6.07) is 16.5. The Balaban J connectivity index is 2.10. The first-order valence-electron chi connectivity index (χ1n) is 7.91. The Morgan fingerprint density at radius 2 is 1.64 bits per heavy atom. The van der Waals surface area contributed by atoms with Crippen LogP contribution in [0.5, 0.6) is 0 Å². The Morgan fingerprint density at radius 1 is 0.960 bits per heavy atom. The molecule has 0 aliphatic carbocycles. The minimum Gasteiger partial charge on any atom is -0.348 e. The SMILES string of the molecule is CC(C)NC(=O)c1nc(-c2ccc(Cl)cc2)nnc1-c1ccccc1. The summed E-state index contributed by atoms with van der Waals surface area (Å²) in [5.74, 6) is 0.101. The van der Waals surface area contributed by atoms with E-state index in [-0.39, 0.29) is 17.6 Å². The fraction of sp³-hybridized carbons (Fsp3) is 0.158.